The molecule has 5 rings (SSSR count). The molecule has 2 amide bonds. The topological polar surface area (TPSA) is 101 Å². The minimum absolute atomic E-state index is 0.163. The fraction of sp³-hybridized carbons (Fsp3) is 0.0968. The number of hydrogen-bond acceptors (Lipinski definition) is 5. The predicted octanol–water partition coefficient (Wildman–Crippen LogP) is 6.60. The first-order valence-corrected chi connectivity index (χ1v) is 12.7. The summed E-state index contributed by atoms with van der Waals surface area (Å²) in [4.78, 5) is 25.9. The fourth-order valence-electron chi connectivity index (χ4n) is 3.99. The number of hydrogen-bond donors (Lipinski definition) is 3. The molecule has 0 saturated carbocycles. The second kappa shape index (κ2) is 11.8. The standard InChI is InChI=1S/C31H25ClN2O5/c32-24-10-5-21(6-11-24)19-33-30(36)23-9-14-26(28(18-23)38-16-15-20-7-12-25(35)13-8-20)34-31(37)29-17-22-3-1-2-4-27(22)39-29/h1-14,17-18,35H,15-16,19H2,(H,33,36)(H,34,37). The maximum Gasteiger partial charge on any atom is 0.291 e. The summed E-state index contributed by atoms with van der Waals surface area (Å²) in [6, 6.07) is 28.0. The molecule has 0 fully saturated rings. The Hall–Kier alpha value is -4.75. The number of nitrogens with one attached hydrogen (secondary N) is 2. The van der Waals surface area contributed by atoms with E-state index in [0.717, 1.165) is 16.5 Å². The van der Waals surface area contributed by atoms with Crippen LogP contribution >= 0.6 is 11.6 Å². The van der Waals surface area contributed by atoms with Gasteiger partial charge < -0.3 is 24.9 Å². The molecule has 7 nitrogen and oxygen atoms in total. The summed E-state index contributed by atoms with van der Waals surface area (Å²) in [5.74, 6) is -0.0287. The highest BCUT2D eigenvalue weighted by atomic mass is 35.5. The molecule has 0 saturated heterocycles. The van der Waals surface area contributed by atoms with Crippen molar-refractivity contribution >= 4 is 40.1 Å². The lowest BCUT2D eigenvalue weighted by molar-refractivity contribution is 0.0949. The third-order valence-corrected chi connectivity index (χ3v) is 6.34. The summed E-state index contributed by atoms with van der Waals surface area (Å²) in [5.41, 5.74) is 3.27. The second-order valence-corrected chi connectivity index (χ2v) is 9.32. The Labute approximate surface area is 230 Å². The summed E-state index contributed by atoms with van der Waals surface area (Å²) in [5, 5.41) is 16.7. The van der Waals surface area contributed by atoms with E-state index in [4.69, 9.17) is 20.8 Å². The highest BCUT2D eigenvalue weighted by Gasteiger charge is 2.17. The van der Waals surface area contributed by atoms with Crippen molar-refractivity contribution in [3.63, 3.8) is 0 Å². The summed E-state index contributed by atoms with van der Waals surface area (Å²) in [6.07, 6.45) is 0.560. The van der Waals surface area contributed by atoms with Crippen molar-refractivity contribution < 1.29 is 23.8 Å². The zero-order chi connectivity index (χ0) is 27.2. The fourth-order valence-corrected chi connectivity index (χ4v) is 4.12. The largest absolute Gasteiger partial charge is 0.508 e. The van der Waals surface area contributed by atoms with Crippen molar-refractivity contribution in [1.29, 1.82) is 0 Å². The van der Waals surface area contributed by atoms with Crippen molar-refractivity contribution in [3.05, 3.63) is 125 Å². The molecule has 39 heavy (non-hydrogen) atoms. The number of anilines is 1. The van der Waals surface area contributed by atoms with Gasteiger partial charge in [0.25, 0.3) is 11.8 Å². The second-order valence-electron chi connectivity index (χ2n) is 8.89. The van der Waals surface area contributed by atoms with E-state index in [1.54, 1.807) is 54.6 Å². The van der Waals surface area contributed by atoms with Gasteiger partial charge in [0.1, 0.15) is 17.1 Å². The minimum atomic E-state index is -0.436. The number of rotatable bonds is 9. The molecule has 5 aromatic rings. The van der Waals surface area contributed by atoms with Crippen LogP contribution in [0.1, 0.15) is 32.0 Å². The lowest BCUT2D eigenvalue weighted by atomic mass is 10.1. The zero-order valence-electron chi connectivity index (χ0n) is 20.8. The molecular formula is C31H25ClN2O5. The lowest BCUT2D eigenvalue weighted by Gasteiger charge is -2.14. The van der Waals surface area contributed by atoms with Gasteiger partial charge >= 0.3 is 0 Å². The molecule has 0 radical (unpaired) electrons. The molecule has 0 aliphatic rings. The van der Waals surface area contributed by atoms with Crippen molar-refractivity contribution in [3.8, 4) is 11.5 Å². The van der Waals surface area contributed by atoms with Gasteiger partial charge in [-0.1, -0.05) is 54.1 Å². The number of benzene rings is 4. The SMILES string of the molecule is O=C(NCc1ccc(Cl)cc1)c1ccc(NC(=O)c2cc3ccccc3o2)c(OCCc2ccc(O)cc2)c1. The summed E-state index contributed by atoms with van der Waals surface area (Å²) >= 11 is 5.94. The number of halogens is 1. The van der Waals surface area contributed by atoms with E-state index >= 15 is 0 Å². The molecule has 196 valence electrons. The maximum atomic E-state index is 13.0. The average molecular weight is 541 g/mol. The van der Waals surface area contributed by atoms with Crippen LogP contribution in [-0.4, -0.2) is 23.5 Å². The lowest BCUT2D eigenvalue weighted by Crippen LogP contribution is -2.23. The van der Waals surface area contributed by atoms with Crippen LogP contribution in [-0.2, 0) is 13.0 Å². The van der Waals surface area contributed by atoms with Crippen LogP contribution in [0, 0.1) is 0 Å². The monoisotopic (exact) mass is 540 g/mol. The molecule has 3 N–H and O–H groups in total. The number of phenolic OH excluding ortho intramolecular Hbond substituents is 1. The van der Waals surface area contributed by atoms with Gasteiger partial charge in [-0.3, -0.25) is 9.59 Å². The molecule has 1 heterocycles. The normalized spacial score (nSPS) is 10.8. The smallest absolute Gasteiger partial charge is 0.291 e. The number of ether oxygens (including phenoxy) is 1. The van der Waals surface area contributed by atoms with E-state index in [2.05, 4.69) is 10.6 Å². The molecule has 1 aromatic heterocycles. The van der Waals surface area contributed by atoms with Crippen LogP contribution in [0.15, 0.2) is 101 Å². The van der Waals surface area contributed by atoms with Crippen molar-refractivity contribution in [2.75, 3.05) is 11.9 Å². The van der Waals surface area contributed by atoms with E-state index in [9.17, 15) is 14.7 Å². The third kappa shape index (κ3) is 6.58. The molecular weight excluding hydrogens is 516 g/mol. The molecule has 0 unspecified atom stereocenters. The quantitative estimate of drug-likeness (QED) is 0.196. The van der Waals surface area contributed by atoms with Crippen LogP contribution in [0.3, 0.4) is 0 Å². The van der Waals surface area contributed by atoms with E-state index in [-0.39, 0.29) is 24.0 Å². The molecule has 0 aliphatic heterocycles. The Kier molecular flexibility index (Phi) is 7.80. The van der Waals surface area contributed by atoms with E-state index in [0.29, 0.717) is 40.6 Å². The summed E-state index contributed by atoms with van der Waals surface area (Å²) < 4.78 is 11.7. The van der Waals surface area contributed by atoms with E-state index in [1.807, 2.05) is 42.5 Å². The third-order valence-electron chi connectivity index (χ3n) is 6.09. The van der Waals surface area contributed by atoms with Gasteiger partial charge in [-0.05, 0) is 65.7 Å². The number of furan rings is 1. The van der Waals surface area contributed by atoms with Crippen molar-refractivity contribution in [2.24, 2.45) is 0 Å². The Balaban J connectivity index is 1.33. The number of para-hydroxylation sites is 1. The van der Waals surface area contributed by atoms with Crippen LogP contribution in [0.5, 0.6) is 11.5 Å². The van der Waals surface area contributed by atoms with Gasteiger partial charge in [-0.25, -0.2) is 0 Å². The number of phenols is 1. The number of carbonyl (C=O) groups is 2. The van der Waals surface area contributed by atoms with Gasteiger partial charge in [0, 0.05) is 28.9 Å². The summed E-state index contributed by atoms with van der Waals surface area (Å²) in [7, 11) is 0. The average Bonchev–Trinajstić information content (AvgIpc) is 3.39. The first-order chi connectivity index (χ1) is 18.9. The van der Waals surface area contributed by atoms with Crippen LogP contribution in [0.4, 0.5) is 5.69 Å². The molecule has 0 bridgehead atoms. The Morgan fingerprint density at radius 1 is 0.846 bits per heavy atom. The van der Waals surface area contributed by atoms with E-state index in [1.165, 1.54) is 0 Å². The number of fused-ring (bicyclic) bond motifs is 1. The van der Waals surface area contributed by atoms with Crippen LogP contribution in [0.2, 0.25) is 5.02 Å². The maximum absolute atomic E-state index is 13.0. The van der Waals surface area contributed by atoms with Gasteiger partial charge in [-0.15, -0.1) is 0 Å². The van der Waals surface area contributed by atoms with Crippen LogP contribution < -0.4 is 15.4 Å². The Bertz CT molecular complexity index is 1580. The molecule has 0 atom stereocenters. The van der Waals surface area contributed by atoms with Crippen molar-refractivity contribution in [1.82, 2.24) is 5.32 Å². The van der Waals surface area contributed by atoms with Gasteiger partial charge in [0.05, 0.1) is 12.3 Å². The van der Waals surface area contributed by atoms with Crippen molar-refractivity contribution in [2.45, 2.75) is 13.0 Å². The first kappa shape index (κ1) is 25.9. The predicted molar refractivity (Wildman–Crippen MR) is 151 cm³/mol. The molecule has 8 heteroatoms. The van der Waals surface area contributed by atoms with Crippen LogP contribution in [0.25, 0.3) is 11.0 Å². The van der Waals surface area contributed by atoms with E-state index < -0.39 is 5.91 Å². The Morgan fingerprint density at radius 2 is 1.59 bits per heavy atom. The zero-order valence-corrected chi connectivity index (χ0v) is 21.6. The summed E-state index contributed by atoms with van der Waals surface area (Å²) in [6.45, 7) is 0.617. The van der Waals surface area contributed by atoms with Gasteiger partial charge in [0.15, 0.2) is 5.76 Å². The highest BCUT2D eigenvalue weighted by Crippen LogP contribution is 2.28. The Morgan fingerprint density at radius 3 is 2.36 bits per heavy atom. The molecule has 4 aromatic carbocycles. The number of amides is 2. The number of aromatic hydroxyl groups is 1. The molecule has 0 spiro atoms. The van der Waals surface area contributed by atoms with Gasteiger partial charge in [-0.2, -0.15) is 0 Å². The number of carbonyl (C=O) groups excluding carboxylic acids is 2. The highest BCUT2D eigenvalue weighted by molar-refractivity contribution is 6.30. The molecule has 0 aliphatic carbocycles. The minimum Gasteiger partial charge on any atom is -0.508 e. The van der Waals surface area contributed by atoms with Gasteiger partial charge in [0.2, 0.25) is 0 Å². The first-order valence-electron chi connectivity index (χ1n) is 12.3.